The Kier molecular flexibility index (Phi) is 4.94. The number of carbonyl (C=O) groups is 1. The van der Waals surface area contributed by atoms with Crippen molar-refractivity contribution in [1.29, 1.82) is 0 Å². The maximum atomic E-state index is 12.7. The first kappa shape index (κ1) is 18.0. The summed E-state index contributed by atoms with van der Waals surface area (Å²) in [4.78, 5) is 25.0. The van der Waals surface area contributed by atoms with Gasteiger partial charge in [-0.25, -0.2) is 4.79 Å². The first-order chi connectivity index (χ1) is 13.7. The van der Waals surface area contributed by atoms with Gasteiger partial charge in [0, 0.05) is 24.3 Å². The fourth-order valence-electron chi connectivity index (χ4n) is 3.02. The van der Waals surface area contributed by atoms with E-state index in [-0.39, 0.29) is 18.2 Å². The van der Waals surface area contributed by atoms with E-state index in [4.69, 9.17) is 9.15 Å². The zero-order valence-corrected chi connectivity index (χ0v) is 15.8. The zero-order valence-electron chi connectivity index (χ0n) is 15.0. The van der Waals surface area contributed by atoms with Crippen LogP contribution in [0.15, 0.2) is 68.8 Å². The van der Waals surface area contributed by atoms with Gasteiger partial charge >= 0.3 is 5.63 Å². The molecule has 0 saturated heterocycles. The van der Waals surface area contributed by atoms with Gasteiger partial charge in [0.15, 0.2) is 11.3 Å². The van der Waals surface area contributed by atoms with Gasteiger partial charge in [-0.15, -0.1) is 0 Å². The van der Waals surface area contributed by atoms with Crippen molar-refractivity contribution in [3.05, 3.63) is 81.1 Å². The predicted molar refractivity (Wildman–Crippen MR) is 106 cm³/mol. The Morgan fingerprint density at radius 1 is 1.36 bits per heavy atom. The van der Waals surface area contributed by atoms with Crippen LogP contribution in [-0.4, -0.2) is 29.3 Å². The highest BCUT2D eigenvalue weighted by molar-refractivity contribution is 7.08. The van der Waals surface area contributed by atoms with Crippen molar-refractivity contribution in [2.24, 2.45) is 0 Å². The van der Waals surface area contributed by atoms with Crippen LogP contribution in [-0.2, 0) is 0 Å². The monoisotopic (exact) mass is 395 g/mol. The van der Waals surface area contributed by atoms with Gasteiger partial charge in [0.25, 0.3) is 5.91 Å². The standard InChI is InChI=1S/C20H17N3O4S/c1-26-17-5-2-4-13-10-15(20(25)27-18(13)17)19(24)21-11-16(14-6-9-28-12-14)23-8-3-7-22-23/h2-10,12,16H,11H2,1H3,(H,21,24)/t16-/m1/s1. The van der Waals surface area contributed by atoms with Gasteiger partial charge < -0.3 is 14.5 Å². The number of rotatable bonds is 6. The number of nitrogens with zero attached hydrogens (tertiary/aromatic N) is 2. The van der Waals surface area contributed by atoms with E-state index in [1.54, 1.807) is 40.4 Å². The number of ether oxygens (including phenoxy) is 1. The second kappa shape index (κ2) is 7.69. The topological polar surface area (TPSA) is 86.4 Å². The smallest absolute Gasteiger partial charge is 0.349 e. The number of aromatic nitrogens is 2. The van der Waals surface area contributed by atoms with Gasteiger partial charge in [-0.1, -0.05) is 12.1 Å². The third-order valence-electron chi connectivity index (χ3n) is 4.42. The van der Waals surface area contributed by atoms with Crippen LogP contribution < -0.4 is 15.7 Å². The number of thiophene rings is 1. The molecule has 1 atom stereocenters. The summed E-state index contributed by atoms with van der Waals surface area (Å²) in [5.41, 5.74) is 0.592. The number of fused-ring (bicyclic) bond motifs is 1. The molecule has 3 heterocycles. The van der Waals surface area contributed by atoms with Crippen molar-refractivity contribution in [1.82, 2.24) is 15.1 Å². The Labute approximate surface area is 164 Å². The lowest BCUT2D eigenvalue weighted by molar-refractivity contribution is 0.0945. The molecular weight excluding hydrogens is 378 g/mol. The number of para-hydroxylation sites is 1. The molecule has 0 radical (unpaired) electrons. The minimum Gasteiger partial charge on any atom is -0.493 e. The molecule has 1 aromatic carbocycles. The van der Waals surface area contributed by atoms with Gasteiger partial charge in [0.1, 0.15) is 5.56 Å². The highest BCUT2D eigenvalue weighted by Gasteiger charge is 2.19. The van der Waals surface area contributed by atoms with Crippen molar-refractivity contribution in [3.8, 4) is 5.75 Å². The van der Waals surface area contributed by atoms with Gasteiger partial charge in [0.2, 0.25) is 0 Å². The van der Waals surface area contributed by atoms with Crippen molar-refractivity contribution in [2.75, 3.05) is 13.7 Å². The number of carbonyl (C=O) groups excluding carboxylic acids is 1. The highest BCUT2D eigenvalue weighted by Crippen LogP contribution is 2.24. The van der Waals surface area contributed by atoms with Crippen LogP contribution >= 0.6 is 11.3 Å². The molecule has 0 spiro atoms. The van der Waals surface area contributed by atoms with E-state index in [1.165, 1.54) is 13.2 Å². The van der Waals surface area contributed by atoms with Crippen LogP contribution in [0.1, 0.15) is 22.0 Å². The van der Waals surface area contributed by atoms with Crippen LogP contribution in [0, 0.1) is 0 Å². The van der Waals surface area contributed by atoms with Gasteiger partial charge in [-0.05, 0) is 40.6 Å². The molecule has 0 saturated carbocycles. The lowest BCUT2D eigenvalue weighted by atomic mass is 10.1. The second-order valence-electron chi connectivity index (χ2n) is 6.09. The number of benzene rings is 1. The number of nitrogens with one attached hydrogen (secondary N) is 1. The Balaban J connectivity index is 1.59. The first-order valence-corrected chi connectivity index (χ1v) is 9.52. The van der Waals surface area contributed by atoms with Crippen molar-refractivity contribution >= 4 is 28.2 Å². The molecule has 0 aliphatic carbocycles. The number of methoxy groups -OCH3 is 1. The largest absolute Gasteiger partial charge is 0.493 e. The molecule has 28 heavy (non-hydrogen) atoms. The van der Waals surface area contributed by atoms with E-state index in [0.717, 1.165) is 5.56 Å². The molecule has 4 rings (SSSR count). The molecule has 142 valence electrons. The molecule has 1 amide bonds. The average molecular weight is 395 g/mol. The number of hydrogen-bond donors (Lipinski definition) is 1. The van der Waals surface area contributed by atoms with Crippen LogP contribution in [0.2, 0.25) is 0 Å². The summed E-state index contributed by atoms with van der Waals surface area (Å²) in [6.07, 6.45) is 3.53. The summed E-state index contributed by atoms with van der Waals surface area (Å²) in [6, 6.07) is 10.4. The van der Waals surface area contributed by atoms with Crippen LogP contribution in [0.3, 0.4) is 0 Å². The SMILES string of the molecule is COc1cccc2cc(C(=O)NC[C@H](c3ccsc3)n3cccn3)c(=O)oc12. The fourth-order valence-corrected chi connectivity index (χ4v) is 3.72. The summed E-state index contributed by atoms with van der Waals surface area (Å²) >= 11 is 1.57. The van der Waals surface area contributed by atoms with Crippen molar-refractivity contribution in [3.63, 3.8) is 0 Å². The van der Waals surface area contributed by atoms with E-state index >= 15 is 0 Å². The Hall–Kier alpha value is -3.39. The maximum absolute atomic E-state index is 12.7. The molecule has 0 aliphatic rings. The fraction of sp³-hybridized carbons (Fsp3) is 0.150. The Bertz CT molecular complexity index is 1120. The van der Waals surface area contributed by atoms with Crippen molar-refractivity contribution in [2.45, 2.75) is 6.04 Å². The minimum absolute atomic E-state index is 0.0507. The van der Waals surface area contributed by atoms with Gasteiger partial charge in [0.05, 0.1) is 13.2 Å². The summed E-state index contributed by atoms with van der Waals surface area (Å²) in [5, 5.41) is 11.7. The third-order valence-corrected chi connectivity index (χ3v) is 5.12. The van der Waals surface area contributed by atoms with E-state index in [9.17, 15) is 9.59 Å². The van der Waals surface area contributed by atoms with E-state index in [2.05, 4.69) is 10.4 Å². The Morgan fingerprint density at radius 2 is 2.25 bits per heavy atom. The summed E-state index contributed by atoms with van der Waals surface area (Å²) in [6.45, 7) is 0.285. The lowest BCUT2D eigenvalue weighted by Crippen LogP contribution is -2.33. The van der Waals surface area contributed by atoms with Crippen molar-refractivity contribution < 1.29 is 13.9 Å². The molecule has 0 fully saturated rings. The molecule has 4 aromatic rings. The molecule has 0 unspecified atom stereocenters. The lowest BCUT2D eigenvalue weighted by Gasteiger charge is -2.17. The molecule has 0 bridgehead atoms. The minimum atomic E-state index is -0.708. The highest BCUT2D eigenvalue weighted by atomic mass is 32.1. The zero-order chi connectivity index (χ0) is 19.5. The second-order valence-corrected chi connectivity index (χ2v) is 6.87. The van der Waals surface area contributed by atoms with Gasteiger partial charge in [-0.2, -0.15) is 16.4 Å². The normalized spacial score (nSPS) is 12.0. The van der Waals surface area contributed by atoms with Gasteiger partial charge in [-0.3, -0.25) is 9.48 Å². The molecule has 3 aromatic heterocycles. The summed E-state index contributed by atoms with van der Waals surface area (Å²) < 4.78 is 12.3. The Morgan fingerprint density at radius 3 is 2.96 bits per heavy atom. The average Bonchev–Trinajstić information content (AvgIpc) is 3.42. The molecule has 0 aliphatic heterocycles. The summed E-state index contributed by atoms with van der Waals surface area (Å²) in [7, 11) is 1.50. The molecule has 8 heteroatoms. The van der Waals surface area contributed by atoms with Crippen LogP contribution in [0.5, 0.6) is 5.75 Å². The quantitative estimate of drug-likeness (QED) is 0.507. The molecule has 1 N–H and O–H groups in total. The van der Waals surface area contributed by atoms with Crippen LogP contribution in [0.25, 0.3) is 11.0 Å². The molecule has 7 nitrogen and oxygen atoms in total. The van der Waals surface area contributed by atoms with Crippen LogP contribution in [0.4, 0.5) is 0 Å². The van der Waals surface area contributed by atoms with E-state index in [1.807, 2.05) is 29.1 Å². The summed E-state index contributed by atoms with van der Waals surface area (Å²) in [5.74, 6) is -0.0522. The maximum Gasteiger partial charge on any atom is 0.349 e. The number of amides is 1. The van der Waals surface area contributed by atoms with E-state index < -0.39 is 11.5 Å². The van der Waals surface area contributed by atoms with E-state index in [0.29, 0.717) is 16.7 Å². The molecular formula is C20H17N3O4S. The third kappa shape index (κ3) is 3.41. The first-order valence-electron chi connectivity index (χ1n) is 8.57. The number of hydrogen-bond acceptors (Lipinski definition) is 6. The predicted octanol–water partition coefficient (Wildman–Crippen LogP) is 3.08.